The highest BCUT2D eigenvalue weighted by Gasteiger charge is 2.35. The Bertz CT molecular complexity index is 1240. The van der Waals surface area contributed by atoms with Crippen molar-refractivity contribution in [2.24, 2.45) is 0 Å². The fourth-order valence-electron chi connectivity index (χ4n) is 3.44. The molecule has 0 atom stereocenters. The normalized spacial score (nSPS) is 16.0. The van der Waals surface area contributed by atoms with Gasteiger partial charge in [-0.2, -0.15) is 0 Å². The summed E-state index contributed by atoms with van der Waals surface area (Å²) in [5.41, 5.74) is 2.50. The van der Waals surface area contributed by atoms with E-state index in [0.29, 0.717) is 33.6 Å². The number of hydrogen-bond donors (Lipinski definition) is 0. The van der Waals surface area contributed by atoms with Crippen molar-refractivity contribution in [1.82, 2.24) is 4.90 Å². The van der Waals surface area contributed by atoms with E-state index in [-0.39, 0.29) is 24.5 Å². The van der Waals surface area contributed by atoms with E-state index in [1.54, 1.807) is 18.2 Å². The van der Waals surface area contributed by atoms with Crippen LogP contribution >= 0.6 is 23.4 Å². The number of carbonyl (C=O) groups excluding carboxylic acids is 2. The lowest BCUT2D eigenvalue weighted by molar-refractivity contribution is -0.123. The van der Waals surface area contributed by atoms with E-state index in [1.807, 2.05) is 54.6 Å². The fraction of sp³-hybridized carbons (Fsp3) is 0.120. The molecule has 0 radical (unpaired) electrons. The molecule has 0 spiro atoms. The fourth-order valence-corrected chi connectivity index (χ4v) is 4.49. The smallest absolute Gasteiger partial charge is 0.293 e. The Balaban J connectivity index is 1.26. The molecule has 5 rings (SSSR count). The Kier molecular flexibility index (Phi) is 5.98. The van der Waals surface area contributed by atoms with Crippen molar-refractivity contribution in [2.45, 2.75) is 13.2 Å². The van der Waals surface area contributed by atoms with E-state index < -0.39 is 0 Å². The first-order valence-electron chi connectivity index (χ1n) is 10.2. The SMILES string of the molecule is O=C1S/C(=C\c2ccc(OCc3ccccc3)cc2)C(=O)N1Cc1cc2c(cc1Cl)OCO2. The van der Waals surface area contributed by atoms with Crippen molar-refractivity contribution in [3.63, 3.8) is 0 Å². The van der Waals surface area contributed by atoms with Crippen molar-refractivity contribution in [3.05, 3.63) is 93.3 Å². The summed E-state index contributed by atoms with van der Waals surface area (Å²) in [6.07, 6.45) is 1.70. The van der Waals surface area contributed by atoms with Gasteiger partial charge in [-0.15, -0.1) is 0 Å². The maximum Gasteiger partial charge on any atom is 0.293 e. The van der Waals surface area contributed by atoms with Crippen LogP contribution in [0.25, 0.3) is 6.08 Å². The number of halogens is 1. The van der Waals surface area contributed by atoms with E-state index in [4.69, 9.17) is 25.8 Å². The number of nitrogens with zero attached hydrogens (tertiary/aromatic N) is 1. The minimum absolute atomic E-state index is 0.0593. The molecule has 0 bridgehead atoms. The molecule has 0 aromatic heterocycles. The second kappa shape index (κ2) is 9.21. The summed E-state index contributed by atoms with van der Waals surface area (Å²) in [5, 5.41) is 0.0659. The van der Waals surface area contributed by atoms with Gasteiger partial charge in [0.05, 0.1) is 11.4 Å². The number of hydrogen-bond acceptors (Lipinski definition) is 6. The van der Waals surface area contributed by atoms with E-state index in [9.17, 15) is 9.59 Å². The van der Waals surface area contributed by atoms with Crippen LogP contribution in [0.2, 0.25) is 5.02 Å². The molecule has 2 heterocycles. The number of imide groups is 1. The maximum absolute atomic E-state index is 12.9. The van der Waals surface area contributed by atoms with Gasteiger partial charge in [-0.05, 0) is 52.7 Å². The first kappa shape index (κ1) is 21.4. The highest BCUT2D eigenvalue weighted by atomic mass is 35.5. The standard InChI is InChI=1S/C25H18ClNO5S/c26-20-12-22-21(31-15-32-22)11-18(20)13-27-24(28)23(33-25(27)29)10-16-6-8-19(9-7-16)30-14-17-4-2-1-3-5-17/h1-12H,13-15H2/b23-10-. The van der Waals surface area contributed by atoms with Crippen molar-refractivity contribution >= 4 is 40.6 Å². The number of amides is 2. The minimum atomic E-state index is -0.358. The maximum atomic E-state index is 12.9. The molecule has 0 unspecified atom stereocenters. The predicted molar refractivity (Wildman–Crippen MR) is 126 cm³/mol. The highest BCUT2D eigenvalue weighted by molar-refractivity contribution is 8.18. The van der Waals surface area contributed by atoms with Crippen LogP contribution in [0.5, 0.6) is 17.2 Å². The van der Waals surface area contributed by atoms with Crippen LogP contribution in [0.15, 0.2) is 71.6 Å². The largest absolute Gasteiger partial charge is 0.489 e. The van der Waals surface area contributed by atoms with Gasteiger partial charge in [-0.1, -0.05) is 54.1 Å². The number of benzene rings is 3. The van der Waals surface area contributed by atoms with Crippen LogP contribution in [-0.4, -0.2) is 22.8 Å². The van der Waals surface area contributed by atoms with Gasteiger partial charge in [0.2, 0.25) is 6.79 Å². The number of carbonyl (C=O) groups is 2. The zero-order chi connectivity index (χ0) is 22.8. The van der Waals surface area contributed by atoms with Gasteiger partial charge in [0.15, 0.2) is 11.5 Å². The first-order valence-corrected chi connectivity index (χ1v) is 11.4. The third-order valence-corrected chi connectivity index (χ3v) is 6.43. The third kappa shape index (κ3) is 4.69. The average molecular weight is 480 g/mol. The molecule has 2 aliphatic rings. The average Bonchev–Trinajstić information content (AvgIpc) is 3.38. The number of ether oxygens (including phenoxy) is 3. The Morgan fingerprint density at radius 2 is 1.73 bits per heavy atom. The Labute approximate surface area is 199 Å². The highest BCUT2D eigenvalue weighted by Crippen LogP contribution is 2.39. The molecule has 33 heavy (non-hydrogen) atoms. The Morgan fingerprint density at radius 1 is 1.00 bits per heavy atom. The molecule has 8 heteroatoms. The van der Waals surface area contributed by atoms with E-state index >= 15 is 0 Å². The van der Waals surface area contributed by atoms with Crippen molar-refractivity contribution in [3.8, 4) is 17.2 Å². The van der Waals surface area contributed by atoms with Gasteiger partial charge in [-0.3, -0.25) is 14.5 Å². The molecule has 166 valence electrons. The van der Waals surface area contributed by atoms with Crippen LogP contribution < -0.4 is 14.2 Å². The van der Waals surface area contributed by atoms with Gasteiger partial charge in [0.25, 0.3) is 11.1 Å². The molecule has 2 aliphatic heterocycles. The molecule has 0 N–H and O–H groups in total. The van der Waals surface area contributed by atoms with Gasteiger partial charge >= 0.3 is 0 Å². The number of rotatable bonds is 6. The summed E-state index contributed by atoms with van der Waals surface area (Å²) >= 11 is 7.22. The van der Waals surface area contributed by atoms with Gasteiger partial charge in [0.1, 0.15) is 12.4 Å². The summed E-state index contributed by atoms with van der Waals surface area (Å²) in [7, 11) is 0. The van der Waals surface area contributed by atoms with Crippen molar-refractivity contribution in [1.29, 1.82) is 0 Å². The monoisotopic (exact) mass is 479 g/mol. The van der Waals surface area contributed by atoms with Crippen LogP contribution in [0.1, 0.15) is 16.7 Å². The molecule has 1 fully saturated rings. The second-order valence-electron chi connectivity index (χ2n) is 7.41. The third-order valence-electron chi connectivity index (χ3n) is 5.17. The number of fused-ring (bicyclic) bond motifs is 1. The topological polar surface area (TPSA) is 65.1 Å². The van der Waals surface area contributed by atoms with Crippen LogP contribution in [-0.2, 0) is 17.9 Å². The van der Waals surface area contributed by atoms with Crippen LogP contribution in [0.4, 0.5) is 4.79 Å². The molecule has 0 aliphatic carbocycles. The zero-order valence-electron chi connectivity index (χ0n) is 17.3. The summed E-state index contributed by atoms with van der Waals surface area (Å²) in [6, 6.07) is 20.6. The summed E-state index contributed by atoms with van der Waals surface area (Å²) in [5.74, 6) is 1.46. The van der Waals surface area contributed by atoms with E-state index in [0.717, 1.165) is 28.6 Å². The molecule has 1 saturated heterocycles. The second-order valence-corrected chi connectivity index (χ2v) is 8.81. The molecular weight excluding hydrogens is 462 g/mol. The lowest BCUT2D eigenvalue weighted by atomic mass is 10.1. The number of thioether (sulfide) groups is 1. The van der Waals surface area contributed by atoms with Crippen LogP contribution in [0, 0.1) is 0 Å². The quantitative estimate of drug-likeness (QED) is 0.411. The molecule has 0 saturated carbocycles. The molecule has 2 amide bonds. The van der Waals surface area contributed by atoms with Crippen LogP contribution in [0.3, 0.4) is 0 Å². The molecule has 3 aromatic carbocycles. The van der Waals surface area contributed by atoms with E-state index in [1.165, 1.54) is 4.90 Å². The van der Waals surface area contributed by atoms with Crippen molar-refractivity contribution < 1.29 is 23.8 Å². The Morgan fingerprint density at radius 3 is 2.48 bits per heavy atom. The first-order chi connectivity index (χ1) is 16.1. The summed E-state index contributed by atoms with van der Waals surface area (Å²) in [4.78, 5) is 26.9. The summed E-state index contributed by atoms with van der Waals surface area (Å²) in [6.45, 7) is 0.654. The summed E-state index contributed by atoms with van der Waals surface area (Å²) < 4.78 is 16.5. The lowest BCUT2D eigenvalue weighted by Gasteiger charge is -2.14. The van der Waals surface area contributed by atoms with Gasteiger partial charge in [0, 0.05) is 11.1 Å². The van der Waals surface area contributed by atoms with Gasteiger partial charge in [-0.25, -0.2) is 0 Å². The molecule has 3 aromatic rings. The van der Waals surface area contributed by atoms with E-state index in [2.05, 4.69) is 0 Å². The molecule has 6 nitrogen and oxygen atoms in total. The lowest BCUT2D eigenvalue weighted by Crippen LogP contribution is -2.27. The minimum Gasteiger partial charge on any atom is -0.489 e. The zero-order valence-corrected chi connectivity index (χ0v) is 18.9. The Hall–Kier alpha value is -3.42. The van der Waals surface area contributed by atoms with Gasteiger partial charge < -0.3 is 14.2 Å². The van der Waals surface area contributed by atoms with Crippen molar-refractivity contribution in [2.75, 3.05) is 6.79 Å². The molecular formula is C25H18ClNO5S. The predicted octanol–water partition coefficient (Wildman–Crippen LogP) is 5.88.